The molecule has 0 atom stereocenters. The van der Waals surface area contributed by atoms with Gasteiger partial charge in [-0.15, -0.1) is 11.3 Å². The maximum Gasteiger partial charge on any atom is 0.262 e. The number of amides is 1. The Bertz CT molecular complexity index is 1020. The van der Waals surface area contributed by atoms with Crippen molar-refractivity contribution in [1.82, 2.24) is 0 Å². The molecular formula is C23H21NO4S. The molecule has 0 bridgehead atoms. The van der Waals surface area contributed by atoms with Crippen LogP contribution in [0.2, 0.25) is 0 Å². The van der Waals surface area contributed by atoms with E-state index in [-0.39, 0.29) is 18.3 Å². The summed E-state index contributed by atoms with van der Waals surface area (Å²) < 4.78 is 10.9. The number of rotatable bonds is 8. The Balaban J connectivity index is 1.61. The zero-order valence-corrected chi connectivity index (χ0v) is 17.0. The number of carbonyl (C=O) groups excluding carboxylic acids is 2. The molecule has 0 aliphatic carbocycles. The van der Waals surface area contributed by atoms with E-state index >= 15 is 0 Å². The summed E-state index contributed by atoms with van der Waals surface area (Å²) in [5.41, 5.74) is 1.50. The average Bonchev–Trinajstić information content (AvgIpc) is 3.18. The Kier molecular flexibility index (Phi) is 6.81. The molecule has 0 radical (unpaired) electrons. The van der Waals surface area contributed by atoms with Crippen molar-refractivity contribution >= 4 is 34.8 Å². The van der Waals surface area contributed by atoms with Crippen LogP contribution in [0.5, 0.6) is 11.5 Å². The van der Waals surface area contributed by atoms with E-state index < -0.39 is 0 Å². The molecule has 1 heterocycles. The highest BCUT2D eigenvalue weighted by molar-refractivity contribution is 7.14. The highest BCUT2D eigenvalue weighted by atomic mass is 32.1. The summed E-state index contributed by atoms with van der Waals surface area (Å²) in [6.07, 6.45) is 3.26. The van der Waals surface area contributed by atoms with Gasteiger partial charge in [0, 0.05) is 10.6 Å². The van der Waals surface area contributed by atoms with Gasteiger partial charge in [-0.3, -0.25) is 9.59 Å². The highest BCUT2D eigenvalue weighted by Gasteiger charge is 2.09. The lowest BCUT2D eigenvalue weighted by Crippen LogP contribution is -2.20. The first-order valence-electron chi connectivity index (χ1n) is 9.00. The van der Waals surface area contributed by atoms with Crippen molar-refractivity contribution in [2.75, 3.05) is 19.0 Å². The number of anilines is 1. The fourth-order valence-corrected chi connectivity index (χ4v) is 3.38. The van der Waals surface area contributed by atoms with Crippen molar-refractivity contribution < 1.29 is 19.1 Å². The summed E-state index contributed by atoms with van der Waals surface area (Å²) >= 11 is 1.47. The largest absolute Gasteiger partial charge is 0.493 e. The van der Waals surface area contributed by atoms with Crippen LogP contribution >= 0.6 is 11.3 Å². The minimum atomic E-state index is -0.265. The van der Waals surface area contributed by atoms with Gasteiger partial charge >= 0.3 is 0 Å². The zero-order chi connectivity index (χ0) is 20.6. The van der Waals surface area contributed by atoms with Crippen LogP contribution < -0.4 is 14.8 Å². The van der Waals surface area contributed by atoms with E-state index in [1.165, 1.54) is 24.5 Å². The molecule has 0 unspecified atom stereocenters. The number of nitrogens with one attached hydrogen (secondary N) is 1. The third-order valence-electron chi connectivity index (χ3n) is 4.01. The number of carbonyl (C=O) groups is 2. The molecule has 0 aliphatic rings. The molecule has 3 rings (SSSR count). The Morgan fingerprint density at radius 1 is 1.03 bits per heavy atom. The fraction of sp³-hybridized carbons (Fsp3) is 0.130. The van der Waals surface area contributed by atoms with E-state index in [1.54, 1.807) is 36.4 Å². The van der Waals surface area contributed by atoms with Crippen LogP contribution in [0, 0.1) is 6.92 Å². The van der Waals surface area contributed by atoms with Gasteiger partial charge < -0.3 is 14.8 Å². The quantitative estimate of drug-likeness (QED) is 0.423. The van der Waals surface area contributed by atoms with Crippen molar-refractivity contribution in [3.8, 4) is 11.5 Å². The van der Waals surface area contributed by atoms with E-state index in [4.69, 9.17) is 9.47 Å². The van der Waals surface area contributed by atoms with Crippen molar-refractivity contribution in [3.63, 3.8) is 0 Å². The molecule has 2 aromatic carbocycles. The molecule has 1 N–H and O–H groups in total. The van der Waals surface area contributed by atoms with Crippen LogP contribution in [0.4, 0.5) is 5.69 Å². The smallest absolute Gasteiger partial charge is 0.262 e. The van der Waals surface area contributed by atoms with Crippen molar-refractivity contribution in [1.29, 1.82) is 0 Å². The standard InChI is InChI=1S/C23H21NO4S/c1-16-8-13-22(29-16)19(25)11-9-17-10-12-20(21(14-17)27-2)28-15-23(26)24-18-6-4-3-5-7-18/h3-14H,15H2,1-2H3,(H,24,26)/b11-9+. The molecule has 0 saturated heterocycles. The number of hydrogen-bond acceptors (Lipinski definition) is 5. The lowest BCUT2D eigenvalue weighted by Gasteiger charge is -2.11. The first-order valence-corrected chi connectivity index (χ1v) is 9.81. The predicted octanol–water partition coefficient (Wildman–Crippen LogP) is 4.98. The number of aryl methyl sites for hydroxylation is 1. The Morgan fingerprint density at radius 2 is 1.83 bits per heavy atom. The number of thiophene rings is 1. The number of ketones is 1. The van der Waals surface area contributed by atoms with E-state index in [0.29, 0.717) is 22.1 Å². The van der Waals surface area contributed by atoms with Crippen LogP contribution in [0.1, 0.15) is 20.1 Å². The summed E-state index contributed by atoms with van der Waals surface area (Å²) in [5, 5.41) is 2.76. The van der Waals surface area contributed by atoms with E-state index in [1.807, 2.05) is 37.3 Å². The second kappa shape index (κ2) is 9.71. The van der Waals surface area contributed by atoms with E-state index in [0.717, 1.165) is 10.4 Å². The number of ether oxygens (including phenoxy) is 2. The zero-order valence-electron chi connectivity index (χ0n) is 16.2. The molecular weight excluding hydrogens is 386 g/mol. The number of para-hydroxylation sites is 1. The van der Waals surface area contributed by atoms with Crippen LogP contribution in [0.15, 0.2) is 66.7 Å². The van der Waals surface area contributed by atoms with Gasteiger partial charge in [-0.1, -0.05) is 30.3 Å². The molecule has 0 saturated carbocycles. The second-order valence-electron chi connectivity index (χ2n) is 6.22. The molecule has 1 aromatic heterocycles. The fourth-order valence-electron chi connectivity index (χ4n) is 2.59. The van der Waals surface area contributed by atoms with Gasteiger partial charge in [-0.25, -0.2) is 0 Å². The van der Waals surface area contributed by atoms with Gasteiger partial charge in [0.05, 0.1) is 12.0 Å². The number of allylic oxidation sites excluding steroid dienone is 1. The SMILES string of the molecule is COc1cc(/C=C/C(=O)c2ccc(C)s2)ccc1OCC(=O)Nc1ccccc1. The minimum absolute atomic E-state index is 0.0417. The number of methoxy groups -OCH3 is 1. The van der Waals surface area contributed by atoms with Crippen molar-refractivity contribution in [2.24, 2.45) is 0 Å². The van der Waals surface area contributed by atoms with Crippen molar-refractivity contribution in [2.45, 2.75) is 6.92 Å². The molecule has 29 heavy (non-hydrogen) atoms. The normalized spacial score (nSPS) is 10.7. The molecule has 0 fully saturated rings. The molecule has 0 spiro atoms. The summed E-state index contributed by atoms with van der Waals surface area (Å²) in [7, 11) is 1.53. The number of benzene rings is 2. The predicted molar refractivity (Wildman–Crippen MR) is 116 cm³/mol. The maximum atomic E-state index is 12.2. The molecule has 5 nitrogen and oxygen atoms in total. The van der Waals surface area contributed by atoms with Gasteiger partial charge in [0.2, 0.25) is 0 Å². The van der Waals surface area contributed by atoms with Crippen LogP contribution in [-0.4, -0.2) is 25.4 Å². The Morgan fingerprint density at radius 3 is 2.52 bits per heavy atom. The van der Waals surface area contributed by atoms with Gasteiger partial charge in [0.15, 0.2) is 23.9 Å². The van der Waals surface area contributed by atoms with E-state index in [9.17, 15) is 9.59 Å². The van der Waals surface area contributed by atoms with E-state index in [2.05, 4.69) is 5.32 Å². The molecule has 148 valence electrons. The third kappa shape index (κ3) is 5.80. The second-order valence-corrected chi connectivity index (χ2v) is 7.51. The molecule has 6 heteroatoms. The van der Waals surface area contributed by atoms with Crippen LogP contribution in [0.3, 0.4) is 0 Å². The van der Waals surface area contributed by atoms with Crippen LogP contribution in [0.25, 0.3) is 6.08 Å². The number of hydrogen-bond donors (Lipinski definition) is 1. The van der Waals surface area contributed by atoms with Gasteiger partial charge in [-0.05, 0) is 55.0 Å². The molecule has 1 amide bonds. The Labute approximate surface area is 173 Å². The van der Waals surface area contributed by atoms with Gasteiger partial charge in [0.1, 0.15) is 0 Å². The minimum Gasteiger partial charge on any atom is -0.493 e. The third-order valence-corrected chi connectivity index (χ3v) is 5.03. The van der Waals surface area contributed by atoms with Crippen LogP contribution in [-0.2, 0) is 4.79 Å². The lowest BCUT2D eigenvalue weighted by atomic mass is 10.1. The monoisotopic (exact) mass is 407 g/mol. The summed E-state index contributed by atoms with van der Waals surface area (Å²) in [6, 6.07) is 18.2. The first kappa shape index (κ1) is 20.4. The molecule has 0 aliphatic heterocycles. The lowest BCUT2D eigenvalue weighted by molar-refractivity contribution is -0.118. The Hall–Kier alpha value is -3.38. The topological polar surface area (TPSA) is 64.6 Å². The molecule has 3 aromatic rings. The van der Waals surface area contributed by atoms with Gasteiger partial charge in [-0.2, -0.15) is 0 Å². The van der Waals surface area contributed by atoms with Gasteiger partial charge in [0.25, 0.3) is 5.91 Å². The summed E-state index contributed by atoms with van der Waals surface area (Å²) in [6.45, 7) is 1.82. The first-order chi connectivity index (χ1) is 14.0. The maximum absolute atomic E-state index is 12.2. The average molecular weight is 407 g/mol. The van der Waals surface area contributed by atoms with Crippen molar-refractivity contribution in [3.05, 3.63) is 82.1 Å². The highest BCUT2D eigenvalue weighted by Crippen LogP contribution is 2.28. The summed E-state index contributed by atoms with van der Waals surface area (Å²) in [5.74, 6) is 0.631. The summed E-state index contributed by atoms with van der Waals surface area (Å²) in [4.78, 5) is 26.0.